The molecule has 48 valence electrons. The van der Waals surface area contributed by atoms with Crippen molar-refractivity contribution in [1.29, 1.82) is 0 Å². The van der Waals surface area contributed by atoms with Gasteiger partial charge in [-0.25, -0.2) is 0 Å². The van der Waals surface area contributed by atoms with Crippen molar-refractivity contribution in [2.45, 2.75) is 18.9 Å². The molecule has 1 heterocycles. The van der Waals surface area contributed by atoms with E-state index in [4.69, 9.17) is 5.11 Å². The summed E-state index contributed by atoms with van der Waals surface area (Å²) in [6.07, 6.45) is 0.920. The van der Waals surface area contributed by atoms with Crippen LogP contribution in [0.15, 0.2) is 0 Å². The number of hydrogen-bond donors (Lipinski definition) is 1. The molecule has 0 aromatic heterocycles. The second-order valence-electron chi connectivity index (χ2n) is 2.83. The van der Waals surface area contributed by atoms with Gasteiger partial charge < -0.3 is 5.11 Å². The number of rotatable bonds is 2. The van der Waals surface area contributed by atoms with E-state index < -0.39 is 0 Å². The van der Waals surface area contributed by atoms with E-state index in [-0.39, 0.29) is 0 Å². The fourth-order valence-electron chi connectivity index (χ4n) is 0.986. The van der Waals surface area contributed by atoms with E-state index in [0.717, 1.165) is 13.0 Å². The first-order valence-electron chi connectivity index (χ1n) is 3.01. The van der Waals surface area contributed by atoms with Crippen molar-refractivity contribution in [1.82, 2.24) is 4.90 Å². The predicted molar refractivity (Wildman–Crippen MR) is 32.7 cm³/mol. The molecule has 1 N–H and O–H groups in total. The van der Waals surface area contributed by atoms with Gasteiger partial charge in [-0.1, -0.05) is 0 Å². The van der Waals surface area contributed by atoms with Gasteiger partial charge in [-0.15, -0.1) is 0 Å². The molecule has 2 atom stereocenters. The molecule has 8 heavy (non-hydrogen) atoms. The molecule has 0 saturated carbocycles. The lowest BCUT2D eigenvalue weighted by molar-refractivity contribution is 0.260. The Kier molecular flexibility index (Phi) is 1.29. The molecular formula is C6H13NO. The Bertz CT molecular complexity index is 94.5. The van der Waals surface area contributed by atoms with Crippen LogP contribution < -0.4 is 0 Å². The van der Waals surface area contributed by atoms with Crippen LogP contribution in [0.1, 0.15) is 13.3 Å². The van der Waals surface area contributed by atoms with Crippen molar-refractivity contribution >= 4 is 0 Å². The van der Waals surface area contributed by atoms with Crippen LogP contribution in [0.4, 0.5) is 0 Å². The Hall–Kier alpha value is -0.0800. The Morgan fingerprint density at radius 3 is 2.38 bits per heavy atom. The molecule has 0 aliphatic carbocycles. The molecule has 0 aromatic carbocycles. The monoisotopic (exact) mass is 115 g/mol. The quantitative estimate of drug-likeness (QED) is 0.515. The van der Waals surface area contributed by atoms with Crippen LogP contribution in [0.5, 0.6) is 0 Å². The molecule has 0 bridgehead atoms. The third kappa shape index (κ3) is 0.858. The lowest BCUT2D eigenvalue weighted by Gasteiger charge is -2.04. The van der Waals surface area contributed by atoms with Gasteiger partial charge in [0, 0.05) is 18.7 Å². The molecule has 2 unspecified atom stereocenters. The van der Waals surface area contributed by atoms with Crippen LogP contribution in [0, 0.1) is 0 Å². The van der Waals surface area contributed by atoms with Crippen molar-refractivity contribution in [2.75, 3.05) is 20.2 Å². The smallest absolute Gasteiger partial charge is 0.0449 e. The molecule has 0 radical (unpaired) electrons. The minimum atomic E-state index is 0.320. The second-order valence-corrected chi connectivity index (χ2v) is 2.83. The maximum absolute atomic E-state index is 8.53. The van der Waals surface area contributed by atoms with Gasteiger partial charge in [-0.2, -0.15) is 0 Å². The molecule has 1 fully saturated rings. The largest absolute Gasteiger partial charge is 0.396 e. The number of likely N-dealkylation sites (N-methyl/N-ethyl adjacent to an activating group) is 1. The summed E-state index contributed by atoms with van der Waals surface area (Å²) in [6.45, 7) is 3.64. The summed E-state index contributed by atoms with van der Waals surface area (Å²) in [6, 6.07) is 0. The van der Waals surface area contributed by atoms with Crippen LogP contribution in [0.25, 0.3) is 0 Å². The Balaban J connectivity index is 2.25. The summed E-state index contributed by atoms with van der Waals surface area (Å²) in [5.74, 6) is 0. The first kappa shape index (κ1) is 6.05. The molecule has 2 nitrogen and oxygen atoms in total. The minimum absolute atomic E-state index is 0.320. The summed E-state index contributed by atoms with van der Waals surface area (Å²) >= 11 is 0. The normalized spacial score (nSPS) is 44.6. The molecule has 0 aromatic rings. The zero-order chi connectivity index (χ0) is 6.20. The third-order valence-corrected chi connectivity index (χ3v) is 2.05. The van der Waals surface area contributed by atoms with Crippen molar-refractivity contribution in [3.8, 4) is 0 Å². The lowest BCUT2D eigenvalue weighted by Crippen LogP contribution is -2.12. The van der Waals surface area contributed by atoms with E-state index in [2.05, 4.69) is 18.9 Å². The highest BCUT2D eigenvalue weighted by Crippen LogP contribution is 2.31. The third-order valence-electron chi connectivity index (χ3n) is 2.05. The fourth-order valence-corrected chi connectivity index (χ4v) is 0.986. The van der Waals surface area contributed by atoms with Gasteiger partial charge in [0.1, 0.15) is 0 Å². The molecular weight excluding hydrogens is 102 g/mol. The highest BCUT2D eigenvalue weighted by molar-refractivity contribution is 5.00. The van der Waals surface area contributed by atoms with E-state index >= 15 is 0 Å². The van der Waals surface area contributed by atoms with Crippen LogP contribution in [-0.2, 0) is 0 Å². The summed E-state index contributed by atoms with van der Waals surface area (Å²) in [5.41, 5.74) is 0.342. The highest BCUT2D eigenvalue weighted by atomic mass is 16.3. The van der Waals surface area contributed by atoms with Gasteiger partial charge in [-0.05, 0) is 20.4 Å². The fraction of sp³-hybridized carbons (Fsp3) is 1.00. The van der Waals surface area contributed by atoms with Crippen molar-refractivity contribution in [2.24, 2.45) is 0 Å². The molecule has 0 amide bonds. The zero-order valence-corrected chi connectivity index (χ0v) is 5.52. The first-order chi connectivity index (χ1) is 3.69. The Morgan fingerprint density at radius 1 is 1.75 bits per heavy atom. The van der Waals surface area contributed by atoms with Crippen molar-refractivity contribution in [3.05, 3.63) is 0 Å². The minimum Gasteiger partial charge on any atom is -0.396 e. The lowest BCUT2D eigenvalue weighted by atomic mass is 10.1. The number of aliphatic hydroxyl groups is 1. The van der Waals surface area contributed by atoms with Crippen LogP contribution >= 0.6 is 0 Å². The topological polar surface area (TPSA) is 23.2 Å². The summed E-state index contributed by atoms with van der Waals surface area (Å²) in [7, 11) is 2.08. The van der Waals surface area contributed by atoms with Gasteiger partial charge in [0.05, 0.1) is 0 Å². The molecule has 0 spiro atoms. The zero-order valence-electron chi connectivity index (χ0n) is 5.52. The summed E-state index contributed by atoms with van der Waals surface area (Å²) < 4.78 is 0. The van der Waals surface area contributed by atoms with Gasteiger partial charge in [0.2, 0.25) is 0 Å². The highest BCUT2D eigenvalue weighted by Gasteiger charge is 2.43. The molecule has 2 heteroatoms. The maximum Gasteiger partial charge on any atom is 0.0449 e. The number of aliphatic hydroxyl groups excluding tert-OH is 1. The number of hydrogen-bond acceptors (Lipinski definition) is 2. The van der Waals surface area contributed by atoms with Crippen molar-refractivity contribution in [3.63, 3.8) is 0 Å². The molecule has 1 aliphatic rings. The van der Waals surface area contributed by atoms with E-state index in [0.29, 0.717) is 12.1 Å². The standard InChI is InChI=1S/C6H13NO/c1-6(3-4-8)5-7(6)2/h8H,3-5H2,1-2H3. The first-order valence-corrected chi connectivity index (χ1v) is 3.01. The molecule has 1 aliphatic heterocycles. The maximum atomic E-state index is 8.53. The average Bonchev–Trinajstić information content (AvgIpc) is 2.16. The Labute approximate surface area is 50.1 Å². The Morgan fingerprint density at radius 2 is 2.25 bits per heavy atom. The van der Waals surface area contributed by atoms with Crippen LogP contribution in [0.3, 0.4) is 0 Å². The predicted octanol–water partition coefficient (Wildman–Crippen LogP) is 0.0729. The van der Waals surface area contributed by atoms with Gasteiger partial charge in [0.15, 0.2) is 0 Å². The molecule has 1 saturated heterocycles. The second kappa shape index (κ2) is 1.71. The SMILES string of the molecule is CN1CC1(C)CCO. The van der Waals surface area contributed by atoms with Gasteiger partial charge in [-0.3, -0.25) is 4.90 Å². The van der Waals surface area contributed by atoms with Crippen LogP contribution in [-0.4, -0.2) is 35.7 Å². The van der Waals surface area contributed by atoms with E-state index in [1.54, 1.807) is 0 Å². The van der Waals surface area contributed by atoms with E-state index in [9.17, 15) is 0 Å². The molecule has 1 rings (SSSR count). The number of nitrogens with zero attached hydrogens (tertiary/aromatic N) is 1. The van der Waals surface area contributed by atoms with Crippen LogP contribution in [0.2, 0.25) is 0 Å². The van der Waals surface area contributed by atoms with E-state index in [1.165, 1.54) is 0 Å². The van der Waals surface area contributed by atoms with E-state index in [1.807, 2.05) is 0 Å². The van der Waals surface area contributed by atoms with Gasteiger partial charge in [0.25, 0.3) is 0 Å². The van der Waals surface area contributed by atoms with Gasteiger partial charge >= 0.3 is 0 Å². The van der Waals surface area contributed by atoms with Crippen molar-refractivity contribution < 1.29 is 5.11 Å². The summed E-state index contributed by atoms with van der Waals surface area (Å²) in [5, 5.41) is 8.53. The average molecular weight is 115 g/mol. The summed E-state index contributed by atoms with van der Waals surface area (Å²) in [4.78, 5) is 2.24.